The number of carboxylic acid groups (broad SMARTS) is 1. The Labute approximate surface area is 161 Å². The molecule has 0 spiro atoms. The number of amides is 2. The van der Waals surface area contributed by atoms with Crippen molar-refractivity contribution in [1.82, 2.24) is 0 Å². The van der Waals surface area contributed by atoms with E-state index in [4.69, 9.17) is 4.74 Å². The lowest BCUT2D eigenvalue weighted by Crippen LogP contribution is -2.29. The average Bonchev–Trinajstić information content (AvgIpc) is 2.95. The van der Waals surface area contributed by atoms with Crippen molar-refractivity contribution in [2.75, 3.05) is 11.5 Å². The number of nitrogens with zero attached hydrogens (tertiary/aromatic N) is 1. The van der Waals surface area contributed by atoms with Gasteiger partial charge in [0.05, 0.1) is 35.0 Å². The topological polar surface area (TPSA) is 104 Å². The number of carboxylic acids is 1. The number of ether oxygens (including phenoxy) is 1. The van der Waals surface area contributed by atoms with Gasteiger partial charge in [-0.15, -0.1) is 0 Å². The number of esters is 1. The van der Waals surface area contributed by atoms with Gasteiger partial charge in [-0.3, -0.25) is 9.59 Å². The maximum absolute atomic E-state index is 12.6. The Bertz CT molecular complexity index is 948. The molecule has 7 nitrogen and oxygen atoms in total. The van der Waals surface area contributed by atoms with Gasteiger partial charge in [0.2, 0.25) is 0 Å². The number of hydrogen-bond acceptors (Lipinski definition) is 6. The third-order valence-electron chi connectivity index (χ3n) is 4.46. The van der Waals surface area contributed by atoms with Gasteiger partial charge in [0, 0.05) is 0 Å². The van der Waals surface area contributed by atoms with Crippen molar-refractivity contribution in [2.45, 2.75) is 26.2 Å². The standard InChI is InChI=1S/C21H19NO6/c1-2-3-4-11-28-21(27)13-5-8-15(9-6-13)22-18(23)16-10-7-14(20(25)26)12-17(16)19(22)24/h5-10,12H,2-4,11H2,1H3,(H,25,26)/p-1. The fraction of sp³-hybridized carbons (Fsp3) is 0.238. The van der Waals surface area contributed by atoms with Gasteiger partial charge in [0.15, 0.2) is 0 Å². The molecule has 3 rings (SSSR count). The molecule has 0 N–H and O–H groups in total. The zero-order valence-corrected chi connectivity index (χ0v) is 15.3. The van der Waals surface area contributed by atoms with Crippen LogP contribution in [0.1, 0.15) is 67.6 Å². The van der Waals surface area contributed by atoms with Crippen molar-refractivity contribution in [1.29, 1.82) is 0 Å². The zero-order chi connectivity index (χ0) is 20.3. The van der Waals surface area contributed by atoms with Crippen molar-refractivity contribution < 1.29 is 29.0 Å². The third-order valence-corrected chi connectivity index (χ3v) is 4.46. The number of anilines is 1. The zero-order valence-electron chi connectivity index (χ0n) is 15.3. The van der Waals surface area contributed by atoms with E-state index in [1.54, 1.807) is 0 Å². The van der Waals surface area contributed by atoms with Gasteiger partial charge in [-0.2, -0.15) is 0 Å². The number of imide groups is 1. The lowest BCUT2D eigenvalue weighted by Gasteiger charge is -2.14. The predicted molar refractivity (Wildman–Crippen MR) is 98.2 cm³/mol. The number of hydrogen-bond donors (Lipinski definition) is 0. The number of unbranched alkanes of at least 4 members (excludes halogenated alkanes) is 2. The van der Waals surface area contributed by atoms with E-state index in [1.807, 2.05) is 0 Å². The summed E-state index contributed by atoms with van der Waals surface area (Å²) in [5, 5.41) is 11.0. The largest absolute Gasteiger partial charge is 0.545 e. The number of benzene rings is 2. The summed E-state index contributed by atoms with van der Waals surface area (Å²) >= 11 is 0. The molecule has 0 unspecified atom stereocenters. The van der Waals surface area contributed by atoms with E-state index in [0.717, 1.165) is 30.2 Å². The number of carbonyl (C=O) groups excluding carboxylic acids is 4. The molecule has 144 valence electrons. The first kappa shape index (κ1) is 19.3. The fourth-order valence-corrected chi connectivity index (χ4v) is 2.95. The van der Waals surface area contributed by atoms with Gasteiger partial charge >= 0.3 is 5.97 Å². The summed E-state index contributed by atoms with van der Waals surface area (Å²) in [6.07, 6.45) is 2.80. The van der Waals surface area contributed by atoms with Crippen LogP contribution in [0, 0.1) is 0 Å². The molecule has 2 aromatic rings. The first-order valence-electron chi connectivity index (χ1n) is 8.95. The molecule has 0 radical (unpaired) electrons. The van der Waals surface area contributed by atoms with Crippen LogP contribution in [-0.2, 0) is 4.74 Å². The average molecular weight is 380 g/mol. The van der Waals surface area contributed by atoms with Crippen LogP contribution in [0.2, 0.25) is 0 Å². The molecular formula is C21H18NO6-. The summed E-state index contributed by atoms with van der Waals surface area (Å²) in [6, 6.07) is 9.56. The molecule has 7 heteroatoms. The van der Waals surface area contributed by atoms with Gasteiger partial charge in [0.1, 0.15) is 0 Å². The van der Waals surface area contributed by atoms with Crippen molar-refractivity contribution in [3.63, 3.8) is 0 Å². The molecule has 0 aromatic heterocycles. The monoisotopic (exact) mass is 380 g/mol. The minimum absolute atomic E-state index is 0.00566. The summed E-state index contributed by atoms with van der Waals surface area (Å²) in [4.78, 5) is 49.1. The first-order chi connectivity index (χ1) is 13.4. The normalized spacial score (nSPS) is 12.8. The van der Waals surface area contributed by atoms with Gasteiger partial charge < -0.3 is 14.6 Å². The highest BCUT2D eigenvalue weighted by Gasteiger charge is 2.36. The smallest absolute Gasteiger partial charge is 0.338 e. The summed E-state index contributed by atoms with van der Waals surface area (Å²) in [5.41, 5.74) is 0.545. The molecule has 2 amide bonds. The van der Waals surface area contributed by atoms with Crippen molar-refractivity contribution in [3.8, 4) is 0 Å². The van der Waals surface area contributed by atoms with Gasteiger partial charge in [0.25, 0.3) is 11.8 Å². The van der Waals surface area contributed by atoms with Crippen LogP contribution in [0.3, 0.4) is 0 Å². The van der Waals surface area contributed by atoms with E-state index in [9.17, 15) is 24.3 Å². The summed E-state index contributed by atoms with van der Waals surface area (Å²) in [7, 11) is 0. The number of rotatable bonds is 7. The summed E-state index contributed by atoms with van der Waals surface area (Å²) in [6.45, 7) is 2.40. The molecular weight excluding hydrogens is 362 g/mol. The Morgan fingerprint density at radius 2 is 1.57 bits per heavy atom. The van der Waals surface area contributed by atoms with E-state index in [2.05, 4.69) is 6.92 Å². The molecule has 0 saturated heterocycles. The molecule has 0 aliphatic carbocycles. The lowest BCUT2D eigenvalue weighted by atomic mass is 10.1. The van der Waals surface area contributed by atoms with Crippen LogP contribution in [0.15, 0.2) is 42.5 Å². The number of fused-ring (bicyclic) bond motifs is 1. The van der Waals surface area contributed by atoms with E-state index >= 15 is 0 Å². The molecule has 2 aromatic carbocycles. The van der Waals surface area contributed by atoms with Crippen LogP contribution in [0.25, 0.3) is 0 Å². The van der Waals surface area contributed by atoms with Crippen LogP contribution >= 0.6 is 0 Å². The molecule has 28 heavy (non-hydrogen) atoms. The number of carbonyl (C=O) groups is 4. The minimum Gasteiger partial charge on any atom is -0.545 e. The van der Waals surface area contributed by atoms with Crippen molar-refractivity contribution in [3.05, 3.63) is 64.7 Å². The fourth-order valence-electron chi connectivity index (χ4n) is 2.95. The van der Waals surface area contributed by atoms with E-state index in [0.29, 0.717) is 12.2 Å². The molecule has 0 bridgehead atoms. The molecule has 1 aliphatic rings. The van der Waals surface area contributed by atoms with Crippen LogP contribution in [-0.4, -0.2) is 30.4 Å². The quantitative estimate of drug-likeness (QED) is 0.414. The molecule has 0 atom stereocenters. The third kappa shape index (κ3) is 3.64. The highest BCUT2D eigenvalue weighted by atomic mass is 16.5. The van der Waals surface area contributed by atoms with Crippen LogP contribution in [0.5, 0.6) is 0 Å². The van der Waals surface area contributed by atoms with Crippen molar-refractivity contribution >= 4 is 29.4 Å². The second-order valence-electron chi connectivity index (χ2n) is 6.38. The van der Waals surface area contributed by atoms with Gasteiger partial charge in [-0.05, 0) is 48.4 Å². The van der Waals surface area contributed by atoms with Crippen LogP contribution < -0.4 is 10.0 Å². The Hall–Kier alpha value is -3.48. The molecule has 0 fully saturated rings. The predicted octanol–water partition coefficient (Wildman–Crippen LogP) is 2.20. The number of aromatic carboxylic acids is 1. The second-order valence-corrected chi connectivity index (χ2v) is 6.38. The molecule has 1 heterocycles. The SMILES string of the molecule is CCCCCOC(=O)c1ccc(N2C(=O)c3ccc(C(=O)[O-])cc3C2=O)cc1. The highest BCUT2D eigenvalue weighted by Crippen LogP contribution is 2.29. The Kier molecular flexibility index (Phi) is 5.54. The van der Waals surface area contributed by atoms with E-state index < -0.39 is 23.8 Å². The van der Waals surface area contributed by atoms with E-state index in [1.165, 1.54) is 36.4 Å². The van der Waals surface area contributed by atoms with Gasteiger partial charge in [-0.1, -0.05) is 25.8 Å². The first-order valence-corrected chi connectivity index (χ1v) is 8.95. The summed E-state index contributed by atoms with van der Waals surface area (Å²) < 4.78 is 5.18. The Balaban J connectivity index is 1.77. The molecule has 0 saturated carbocycles. The molecule has 1 aliphatic heterocycles. The maximum Gasteiger partial charge on any atom is 0.338 e. The van der Waals surface area contributed by atoms with E-state index in [-0.39, 0.29) is 22.4 Å². The maximum atomic E-state index is 12.6. The summed E-state index contributed by atoms with van der Waals surface area (Å²) in [5.74, 6) is -3.08. The highest BCUT2D eigenvalue weighted by molar-refractivity contribution is 6.34. The minimum atomic E-state index is -1.43. The van der Waals surface area contributed by atoms with Gasteiger partial charge in [-0.25, -0.2) is 9.69 Å². The van der Waals surface area contributed by atoms with Crippen molar-refractivity contribution in [2.24, 2.45) is 0 Å². The van der Waals surface area contributed by atoms with Crippen LogP contribution in [0.4, 0.5) is 5.69 Å². The lowest BCUT2D eigenvalue weighted by molar-refractivity contribution is -0.255. The second kappa shape index (κ2) is 8.04. The Morgan fingerprint density at radius 1 is 0.929 bits per heavy atom. The Morgan fingerprint density at radius 3 is 2.21 bits per heavy atom.